The Hall–Kier alpha value is -2.57. The maximum Gasteiger partial charge on any atom is 0.251 e. The highest BCUT2D eigenvalue weighted by Gasteiger charge is 2.14. The van der Waals surface area contributed by atoms with Gasteiger partial charge in [-0.3, -0.25) is 9.59 Å². The number of nitrogens with one attached hydrogen (secondary N) is 2. The Labute approximate surface area is 172 Å². The van der Waals surface area contributed by atoms with Gasteiger partial charge in [0, 0.05) is 17.8 Å². The lowest BCUT2D eigenvalue weighted by Gasteiger charge is -2.19. The van der Waals surface area contributed by atoms with Crippen LogP contribution >= 0.6 is 12.4 Å². The van der Waals surface area contributed by atoms with Gasteiger partial charge in [0.2, 0.25) is 5.91 Å². The SMILES string of the molecule is CC(C)(C)c1ccc(C(=O)NCC(=O)Nc2ccc(OCCN)cc2)cc1.Cl. The highest BCUT2D eigenvalue weighted by molar-refractivity contribution is 5.99. The van der Waals surface area contributed by atoms with Crippen LogP contribution in [0.1, 0.15) is 36.7 Å². The van der Waals surface area contributed by atoms with E-state index in [1.54, 1.807) is 36.4 Å². The van der Waals surface area contributed by atoms with Crippen LogP contribution in [0.5, 0.6) is 5.75 Å². The molecule has 0 unspecified atom stereocenters. The second-order valence-corrected chi connectivity index (χ2v) is 7.22. The summed E-state index contributed by atoms with van der Waals surface area (Å²) in [5.41, 5.74) is 7.71. The Balaban J connectivity index is 0.00000392. The second-order valence-electron chi connectivity index (χ2n) is 7.22. The van der Waals surface area contributed by atoms with Crippen LogP contribution in [0.2, 0.25) is 0 Å². The third kappa shape index (κ3) is 7.21. The van der Waals surface area contributed by atoms with E-state index < -0.39 is 0 Å². The van der Waals surface area contributed by atoms with Crippen molar-refractivity contribution in [3.8, 4) is 5.75 Å². The number of halogens is 1. The fraction of sp³-hybridized carbons (Fsp3) is 0.333. The highest BCUT2D eigenvalue weighted by atomic mass is 35.5. The summed E-state index contributed by atoms with van der Waals surface area (Å²) in [5, 5.41) is 5.35. The van der Waals surface area contributed by atoms with Crippen LogP contribution in [-0.4, -0.2) is 31.5 Å². The molecule has 0 aliphatic heterocycles. The number of carbonyl (C=O) groups excluding carboxylic acids is 2. The molecular formula is C21H28ClN3O3. The lowest BCUT2D eigenvalue weighted by atomic mass is 9.87. The van der Waals surface area contributed by atoms with Crippen molar-refractivity contribution in [3.05, 3.63) is 59.7 Å². The zero-order chi connectivity index (χ0) is 19.9. The molecule has 0 atom stereocenters. The van der Waals surface area contributed by atoms with E-state index in [0.29, 0.717) is 30.2 Å². The molecule has 0 aromatic heterocycles. The largest absolute Gasteiger partial charge is 0.492 e. The van der Waals surface area contributed by atoms with Gasteiger partial charge in [0.05, 0.1) is 6.54 Å². The summed E-state index contributed by atoms with van der Waals surface area (Å²) >= 11 is 0. The quantitative estimate of drug-likeness (QED) is 0.659. The van der Waals surface area contributed by atoms with E-state index in [0.717, 1.165) is 5.56 Å². The molecule has 0 bridgehead atoms. The Morgan fingerprint density at radius 3 is 2.14 bits per heavy atom. The van der Waals surface area contributed by atoms with Crippen molar-refractivity contribution in [1.29, 1.82) is 0 Å². The van der Waals surface area contributed by atoms with Crippen LogP contribution < -0.4 is 21.1 Å². The molecule has 28 heavy (non-hydrogen) atoms. The molecule has 0 saturated heterocycles. The summed E-state index contributed by atoms with van der Waals surface area (Å²) in [6, 6.07) is 14.4. The first kappa shape index (κ1) is 23.5. The zero-order valence-corrected chi connectivity index (χ0v) is 17.3. The number of amides is 2. The van der Waals surface area contributed by atoms with E-state index in [9.17, 15) is 9.59 Å². The van der Waals surface area contributed by atoms with E-state index in [2.05, 4.69) is 31.4 Å². The smallest absolute Gasteiger partial charge is 0.251 e. The standard InChI is InChI=1S/C21H27N3O3.ClH/c1-21(2,3)16-6-4-15(5-7-16)20(26)23-14-19(25)24-17-8-10-18(11-9-17)27-13-12-22;/h4-11H,12-14,22H2,1-3H3,(H,23,26)(H,24,25);1H. The van der Waals surface area contributed by atoms with Crippen LogP contribution in [0.15, 0.2) is 48.5 Å². The predicted octanol–water partition coefficient (Wildman–Crippen LogP) is 3.11. The summed E-state index contributed by atoms with van der Waals surface area (Å²) in [4.78, 5) is 24.2. The van der Waals surface area contributed by atoms with E-state index in [4.69, 9.17) is 10.5 Å². The molecule has 6 nitrogen and oxygen atoms in total. The molecule has 2 rings (SSSR count). The van der Waals surface area contributed by atoms with Gasteiger partial charge in [-0.25, -0.2) is 0 Å². The van der Waals surface area contributed by atoms with E-state index >= 15 is 0 Å². The zero-order valence-electron chi connectivity index (χ0n) is 16.5. The van der Waals surface area contributed by atoms with Gasteiger partial charge in [0.1, 0.15) is 12.4 Å². The number of ether oxygens (including phenoxy) is 1. The molecule has 2 aromatic rings. The molecule has 0 spiro atoms. The average Bonchev–Trinajstić information content (AvgIpc) is 2.65. The van der Waals surface area contributed by atoms with Gasteiger partial charge in [-0.15, -0.1) is 12.4 Å². The summed E-state index contributed by atoms with van der Waals surface area (Å²) < 4.78 is 5.38. The Morgan fingerprint density at radius 1 is 1.00 bits per heavy atom. The molecule has 2 aromatic carbocycles. The molecule has 0 aliphatic rings. The molecule has 0 heterocycles. The molecule has 4 N–H and O–H groups in total. The molecule has 0 saturated carbocycles. The first-order chi connectivity index (χ1) is 12.8. The molecule has 0 aliphatic carbocycles. The summed E-state index contributed by atoms with van der Waals surface area (Å²) in [5.74, 6) is 0.104. The number of benzene rings is 2. The first-order valence-electron chi connectivity index (χ1n) is 8.91. The van der Waals surface area contributed by atoms with E-state index in [-0.39, 0.29) is 36.2 Å². The van der Waals surface area contributed by atoms with Gasteiger partial charge in [-0.05, 0) is 47.4 Å². The van der Waals surface area contributed by atoms with Gasteiger partial charge >= 0.3 is 0 Å². The van der Waals surface area contributed by atoms with Crippen molar-refractivity contribution >= 4 is 29.9 Å². The van der Waals surface area contributed by atoms with Crippen LogP contribution in [0, 0.1) is 0 Å². The van der Waals surface area contributed by atoms with Gasteiger partial charge < -0.3 is 21.1 Å². The molecule has 0 radical (unpaired) electrons. The van der Waals surface area contributed by atoms with Crippen molar-refractivity contribution in [2.45, 2.75) is 26.2 Å². The lowest BCUT2D eigenvalue weighted by molar-refractivity contribution is -0.115. The number of hydrogen-bond donors (Lipinski definition) is 3. The highest BCUT2D eigenvalue weighted by Crippen LogP contribution is 2.22. The fourth-order valence-corrected chi connectivity index (χ4v) is 2.40. The normalized spacial score (nSPS) is 10.6. The third-order valence-electron chi connectivity index (χ3n) is 3.95. The summed E-state index contributed by atoms with van der Waals surface area (Å²) in [6.45, 7) is 7.12. The molecule has 152 valence electrons. The Kier molecular flexibility index (Phi) is 8.96. The number of anilines is 1. The van der Waals surface area contributed by atoms with E-state index in [1.807, 2.05) is 12.1 Å². The topological polar surface area (TPSA) is 93.5 Å². The predicted molar refractivity (Wildman–Crippen MR) is 114 cm³/mol. The van der Waals surface area contributed by atoms with Gasteiger partial charge in [-0.1, -0.05) is 32.9 Å². The monoisotopic (exact) mass is 405 g/mol. The number of hydrogen-bond acceptors (Lipinski definition) is 4. The van der Waals surface area contributed by atoms with E-state index in [1.165, 1.54) is 0 Å². The third-order valence-corrected chi connectivity index (χ3v) is 3.95. The number of carbonyl (C=O) groups is 2. The fourth-order valence-electron chi connectivity index (χ4n) is 2.40. The molecule has 0 fully saturated rings. The van der Waals surface area contributed by atoms with Crippen LogP contribution in [0.25, 0.3) is 0 Å². The minimum atomic E-state index is -0.301. The minimum Gasteiger partial charge on any atom is -0.492 e. The average molecular weight is 406 g/mol. The maximum atomic E-state index is 12.2. The molecular weight excluding hydrogens is 378 g/mol. The number of rotatable bonds is 7. The molecule has 7 heteroatoms. The van der Waals surface area contributed by atoms with Gasteiger partial charge in [0.15, 0.2) is 0 Å². The van der Waals surface area contributed by atoms with Crippen molar-refractivity contribution in [2.75, 3.05) is 25.0 Å². The Morgan fingerprint density at radius 2 is 1.61 bits per heavy atom. The van der Waals surface area contributed by atoms with Crippen LogP contribution in [-0.2, 0) is 10.2 Å². The first-order valence-corrected chi connectivity index (χ1v) is 8.91. The van der Waals surface area contributed by atoms with Gasteiger partial charge in [-0.2, -0.15) is 0 Å². The summed E-state index contributed by atoms with van der Waals surface area (Å²) in [6.07, 6.45) is 0. The molecule has 2 amide bonds. The van der Waals surface area contributed by atoms with Crippen molar-refractivity contribution in [3.63, 3.8) is 0 Å². The second kappa shape index (κ2) is 10.7. The summed E-state index contributed by atoms with van der Waals surface area (Å²) in [7, 11) is 0. The van der Waals surface area contributed by atoms with Crippen LogP contribution in [0.4, 0.5) is 5.69 Å². The lowest BCUT2D eigenvalue weighted by Crippen LogP contribution is -2.32. The van der Waals surface area contributed by atoms with Crippen molar-refractivity contribution in [1.82, 2.24) is 5.32 Å². The van der Waals surface area contributed by atoms with Gasteiger partial charge in [0.25, 0.3) is 5.91 Å². The van der Waals surface area contributed by atoms with Crippen molar-refractivity contribution in [2.24, 2.45) is 5.73 Å². The number of nitrogens with two attached hydrogens (primary N) is 1. The van der Waals surface area contributed by atoms with Crippen molar-refractivity contribution < 1.29 is 14.3 Å². The Bertz CT molecular complexity index is 769. The minimum absolute atomic E-state index is 0. The maximum absolute atomic E-state index is 12.2. The van der Waals surface area contributed by atoms with Crippen LogP contribution in [0.3, 0.4) is 0 Å².